The number of halogens is 9. The summed E-state index contributed by atoms with van der Waals surface area (Å²) in [4.78, 5) is 11.0. The highest BCUT2D eigenvalue weighted by Gasteiger charge is 2.81. The Bertz CT molecular complexity index is 432. The normalized spacial score (nSPS) is 13.5. The average molecular weight is 376 g/mol. The highest BCUT2D eigenvalue weighted by atomic mass is 19.4. The van der Waals surface area contributed by atoms with E-state index in [4.69, 9.17) is 0 Å². The van der Waals surface area contributed by atoms with E-state index in [0.717, 1.165) is 6.26 Å². The largest absolute Gasteiger partial charge is 0.502 e. The first-order valence-electron chi connectivity index (χ1n) is 6.29. The maximum absolute atomic E-state index is 13.1. The molecule has 0 aromatic carbocycles. The number of hydrogen-bond acceptors (Lipinski definition) is 3. The summed E-state index contributed by atoms with van der Waals surface area (Å²) in [6.07, 6.45) is -8.14. The summed E-state index contributed by atoms with van der Waals surface area (Å²) in [6.45, 7) is 2.80. The molecule has 0 saturated heterocycles. The Hall–Kier alpha value is -1.62. The van der Waals surface area contributed by atoms with Crippen molar-refractivity contribution in [2.75, 3.05) is 13.2 Å². The van der Waals surface area contributed by atoms with Crippen LogP contribution in [-0.4, -0.2) is 43.1 Å². The second kappa shape index (κ2) is 7.97. The van der Waals surface area contributed by atoms with Crippen molar-refractivity contribution in [1.82, 2.24) is 0 Å². The molecular formula is C12H13F9O3. The van der Waals surface area contributed by atoms with Crippen molar-refractivity contribution in [3.63, 3.8) is 0 Å². The maximum atomic E-state index is 13.1. The molecule has 0 saturated carbocycles. The van der Waals surface area contributed by atoms with Crippen LogP contribution in [-0.2, 0) is 14.3 Å². The lowest BCUT2D eigenvalue weighted by Crippen LogP contribution is -2.61. The van der Waals surface area contributed by atoms with E-state index in [1.165, 1.54) is 0 Å². The van der Waals surface area contributed by atoms with Gasteiger partial charge in [-0.05, 0) is 12.8 Å². The Morgan fingerprint density at radius 3 is 1.83 bits per heavy atom. The standard InChI is InChI=1S/C12H13F9O3/c1-2-23-5-3-4-6-24-8(22)7-9(13,14)10(15,16)11(17,18)12(19,20)21/h2H,1,3-7H2. The van der Waals surface area contributed by atoms with Crippen LogP contribution in [0.15, 0.2) is 12.8 Å². The molecule has 142 valence electrons. The first-order valence-corrected chi connectivity index (χ1v) is 6.29. The lowest BCUT2D eigenvalue weighted by atomic mass is 10.0. The lowest BCUT2D eigenvalue weighted by Gasteiger charge is -2.33. The van der Waals surface area contributed by atoms with Crippen LogP contribution >= 0.6 is 0 Å². The molecular weight excluding hydrogens is 363 g/mol. The third-order valence-electron chi connectivity index (χ3n) is 2.61. The van der Waals surface area contributed by atoms with Gasteiger partial charge in [-0.25, -0.2) is 0 Å². The fourth-order valence-electron chi connectivity index (χ4n) is 1.31. The Morgan fingerprint density at radius 1 is 0.875 bits per heavy atom. The van der Waals surface area contributed by atoms with E-state index in [0.29, 0.717) is 0 Å². The molecule has 0 aromatic heterocycles. The highest BCUT2D eigenvalue weighted by Crippen LogP contribution is 2.54. The molecule has 0 spiro atoms. The molecule has 3 nitrogen and oxygen atoms in total. The van der Waals surface area contributed by atoms with Crippen LogP contribution in [0.1, 0.15) is 19.3 Å². The lowest BCUT2D eigenvalue weighted by molar-refractivity contribution is -0.395. The van der Waals surface area contributed by atoms with Crippen LogP contribution in [0.4, 0.5) is 39.5 Å². The molecule has 0 fully saturated rings. The van der Waals surface area contributed by atoms with E-state index < -0.39 is 42.9 Å². The van der Waals surface area contributed by atoms with Gasteiger partial charge < -0.3 is 9.47 Å². The minimum absolute atomic E-state index is 0.0558. The van der Waals surface area contributed by atoms with Gasteiger partial charge in [0.25, 0.3) is 0 Å². The predicted octanol–water partition coefficient (Wildman–Crippen LogP) is 4.33. The van der Waals surface area contributed by atoms with Crippen LogP contribution in [0.25, 0.3) is 0 Å². The van der Waals surface area contributed by atoms with Gasteiger partial charge in [0.1, 0.15) is 6.42 Å². The van der Waals surface area contributed by atoms with Gasteiger partial charge in [0.15, 0.2) is 0 Å². The minimum atomic E-state index is -7.02. The van der Waals surface area contributed by atoms with Crippen LogP contribution < -0.4 is 0 Å². The van der Waals surface area contributed by atoms with E-state index in [2.05, 4.69) is 16.1 Å². The van der Waals surface area contributed by atoms with Gasteiger partial charge in [-0.2, -0.15) is 39.5 Å². The second-order valence-electron chi connectivity index (χ2n) is 4.49. The zero-order chi connectivity index (χ0) is 19.2. The van der Waals surface area contributed by atoms with E-state index in [9.17, 15) is 44.3 Å². The van der Waals surface area contributed by atoms with E-state index in [1.54, 1.807) is 0 Å². The number of alkyl halides is 9. The summed E-state index contributed by atoms with van der Waals surface area (Å²) in [5.74, 6) is -21.8. The summed E-state index contributed by atoms with van der Waals surface area (Å²) in [5.41, 5.74) is 0. The summed E-state index contributed by atoms with van der Waals surface area (Å²) < 4.78 is 121. The number of rotatable bonds is 10. The summed E-state index contributed by atoms with van der Waals surface area (Å²) in [6, 6.07) is 0. The van der Waals surface area contributed by atoms with E-state index in [1.807, 2.05) is 0 Å². The molecule has 0 rings (SSSR count). The first kappa shape index (κ1) is 22.4. The molecule has 0 amide bonds. The second-order valence-corrected chi connectivity index (χ2v) is 4.49. The fourth-order valence-corrected chi connectivity index (χ4v) is 1.31. The first-order chi connectivity index (χ1) is 10.7. The molecule has 0 atom stereocenters. The molecule has 0 aliphatic rings. The SMILES string of the molecule is C=COCCCCOC(=O)CC(F)(F)C(F)(F)C(F)(F)C(F)(F)F. The number of hydrogen-bond donors (Lipinski definition) is 0. The number of esters is 1. The molecule has 0 radical (unpaired) electrons. The molecule has 12 heteroatoms. The number of unbranched alkanes of at least 4 members (excludes halogenated alkanes) is 1. The van der Waals surface area contributed by atoms with E-state index >= 15 is 0 Å². The van der Waals surface area contributed by atoms with Crippen LogP contribution in [0.3, 0.4) is 0 Å². The van der Waals surface area contributed by atoms with Crippen molar-refractivity contribution in [3.8, 4) is 0 Å². The predicted molar refractivity (Wildman–Crippen MR) is 61.9 cm³/mol. The smallest absolute Gasteiger partial charge is 0.460 e. The van der Waals surface area contributed by atoms with Gasteiger partial charge >= 0.3 is 29.9 Å². The van der Waals surface area contributed by atoms with Crippen molar-refractivity contribution in [3.05, 3.63) is 12.8 Å². The maximum Gasteiger partial charge on any atom is 0.460 e. The average Bonchev–Trinajstić information content (AvgIpc) is 2.40. The van der Waals surface area contributed by atoms with Gasteiger partial charge in [-0.3, -0.25) is 4.79 Å². The van der Waals surface area contributed by atoms with Crippen molar-refractivity contribution >= 4 is 5.97 Å². The van der Waals surface area contributed by atoms with Gasteiger partial charge in [-0.15, -0.1) is 0 Å². The Morgan fingerprint density at radius 2 is 1.38 bits per heavy atom. The molecule has 0 N–H and O–H groups in total. The molecule has 0 unspecified atom stereocenters. The quantitative estimate of drug-likeness (QED) is 0.246. The molecule has 0 aliphatic heterocycles. The number of carbonyl (C=O) groups is 1. The van der Waals surface area contributed by atoms with Crippen molar-refractivity contribution in [2.24, 2.45) is 0 Å². The zero-order valence-corrected chi connectivity index (χ0v) is 11.9. The zero-order valence-electron chi connectivity index (χ0n) is 11.9. The summed E-state index contributed by atoms with van der Waals surface area (Å²) in [7, 11) is 0. The third kappa shape index (κ3) is 5.20. The summed E-state index contributed by atoms with van der Waals surface area (Å²) in [5, 5.41) is 0. The van der Waals surface area contributed by atoms with Gasteiger partial charge in [0.05, 0.1) is 19.5 Å². The summed E-state index contributed by atoms with van der Waals surface area (Å²) >= 11 is 0. The highest BCUT2D eigenvalue weighted by molar-refractivity contribution is 5.70. The van der Waals surface area contributed by atoms with E-state index in [-0.39, 0.29) is 19.4 Å². The van der Waals surface area contributed by atoms with Crippen molar-refractivity contribution in [1.29, 1.82) is 0 Å². The minimum Gasteiger partial charge on any atom is -0.502 e. The van der Waals surface area contributed by atoms with Crippen molar-refractivity contribution in [2.45, 2.75) is 43.2 Å². The van der Waals surface area contributed by atoms with Crippen LogP contribution in [0.5, 0.6) is 0 Å². The molecule has 0 heterocycles. The monoisotopic (exact) mass is 376 g/mol. The van der Waals surface area contributed by atoms with Gasteiger partial charge in [-0.1, -0.05) is 6.58 Å². The topological polar surface area (TPSA) is 35.5 Å². The Kier molecular flexibility index (Phi) is 7.43. The van der Waals surface area contributed by atoms with Gasteiger partial charge in [0, 0.05) is 0 Å². The van der Waals surface area contributed by atoms with Crippen LogP contribution in [0, 0.1) is 0 Å². The molecule has 0 aromatic rings. The molecule has 0 bridgehead atoms. The molecule has 24 heavy (non-hydrogen) atoms. The Labute approximate surface area is 130 Å². The fraction of sp³-hybridized carbons (Fsp3) is 0.750. The third-order valence-corrected chi connectivity index (χ3v) is 2.61. The number of carbonyl (C=O) groups excluding carboxylic acids is 1. The van der Waals surface area contributed by atoms with Crippen molar-refractivity contribution < 1.29 is 53.8 Å². The van der Waals surface area contributed by atoms with Gasteiger partial charge in [0.2, 0.25) is 0 Å². The number of ether oxygens (including phenoxy) is 2. The molecule has 0 aliphatic carbocycles. The van der Waals surface area contributed by atoms with Crippen LogP contribution in [0.2, 0.25) is 0 Å². The Balaban J connectivity index is 4.71.